The van der Waals surface area contributed by atoms with Gasteiger partial charge in [-0.15, -0.1) is 0 Å². The molecule has 0 radical (unpaired) electrons. The van der Waals surface area contributed by atoms with Crippen LogP contribution in [0.15, 0.2) is 15.2 Å². The minimum absolute atomic E-state index is 0.112. The normalized spacial score (nSPS) is 10.5. The lowest BCUT2D eigenvalue weighted by Gasteiger charge is -2.02. The molecule has 0 N–H and O–H groups in total. The van der Waals surface area contributed by atoms with Gasteiger partial charge in [-0.25, -0.2) is 0 Å². The number of rotatable bonds is 7. The van der Waals surface area contributed by atoms with Gasteiger partial charge in [-0.1, -0.05) is 0 Å². The number of thiophene rings is 1. The summed E-state index contributed by atoms with van der Waals surface area (Å²) in [5.74, 6) is 0.112. The van der Waals surface area contributed by atoms with E-state index in [4.69, 9.17) is 9.47 Å². The monoisotopic (exact) mass is 292 g/mol. The first-order valence-electron chi connectivity index (χ1n) is 4.57. The molecule has 0 amide bonds. The van der Waals surface area contributed by atoms with E-state index in [9.17, 15) is 4.79 Å². The molecule has 1 aromatic rings. The zero-order valence-electron chi connectivity index (χ0n) is 8.49. The maximum absolute atomic E-state index is 11.6. The quantitative estimate of drug-likeness (QED) is 0.573. The lowest BCUT2D eigenvalue weighted by molar-refractivity contribution is 0.0641. The summed E-state index contributed by atoms with van der Waals surface area (Å²) in [6, 6.07) is 0. The van der Waals surface area contributed by atoms with E-state index in [1.54, 1.807) is 7.11 Å². The van der Waals surface area contributed by atoms with Crippen molar-refractivity contribution in [1.29, 1.82) is 0 Å². The fourth-order valence-electron chi connectivity index (χ4n) is 1.02. The second-order valence-corrected chi connectivity index (χ2v) is 4.51. The van der Waals surface area contributed by atoms with Crippen LogP contribution in [0.2, 0.25) is 0 Å². The topological polar surface area (TPSA) is 35.5 Å². The van der Waals surface area contributed by atoms with Gasteiger partial charge in [0.25, 0.3) is 0 Å². The number of carbonyl (C=O) groups excluding carboxylic acids is 1. The number of ether oxygens (including phenoxy) is 2. The van der Waals surface area contributed by atoms with Crippen molar-refractivity contribution in [1.82, 2.24) is 0 Å². The third-order valence-electron chi connectivity index (χ3n) is 1.82. The van der Waals surface area contributed by atoms with Gasteiger partial charge in [-0.05, 0) is 15.9 Å². The molecular formula is C10H13BrO3S. The zero-order valence-corrected chi connectivity index (χ0v) is 10.9. The van der Waals surface area contributed by atoms with Crippen molar-refractivity contribution in [3.8, 4) is 0 Å². The van der Waals surface area contributed by atoms with Crippen molar-refractivity contribution in [3.63, 3.8) is 0 Å². The number of halogens is 1. The van der Waals surface area contributed by atoms with Crippen LogP contribution in [0, 0.1) is 0 Å². The van der Waals surface area contributed by atoms with E-state index in [0.717, 1.165) is 10.0 Å². The average molecular weight is 293 g/mol. The minimum Gasteiger partial charge on any atom is -0.382 e. The van der Waals surface area contributed by atoms with Crippen molar-refractivity contribution < 1.29 is 14.3 Å². The van der Waals surface area contributed by atoms with Crippen LogP contribution in [0.1, 0.15) is 16.8 Å². The Morgan fingerprint density at radius 3 is 2.80 bits per heavy atom. The molecule has 0 saturated carbocycles. The molecule has 15 heavy (non-hydrogen) atoms. The maximum Gasteiger partial charge on any atom is 0.167 e. The van der Waals surface area contributed by atoms with Crippen LogP contribution in [0.3, 0.4) is 0 Å². The van der Waals surface area contributed by atoms with Crippen molar-refractivity contribution in [3.05, 3.63) is 20.8 Å². The Kier molecular flexibility index (Phi) is 6.09. The van der Waals surface area contributed by atoms with E-state index in [2.05, 4.69) is 15.9 Å². The number of hydrogen-bond acceptors (Lipinski definition) is 4. The Morgan fingerprint density at radius 2 is 2.20 bits per heavy atom. The van der Waals surface area contributed by atoms with Gasteiger partial charge in [-0.2, -0.15) is 11.3 Å². The molecule has 1 aromatic heterocycles. The Bertz CT molecular complexity index is 311. The third kappa shape index (κ3) is 4.42. The summed E-state index contributed by atoms with van der Waals surface area (Å²) >= 11 is 4.84. The molecule has 0 fully saturated rings. The molecule has 0 aromatic carbocycles. The summed E-state index contributed by atoms with van der Waals surface area (Å²) in [6.07, 6.45) is 0.416. The SMILES string of the molecule is COCCOCCC(=O)c1cscc1Br. The molecule has 5 heteroatoms. The number of hydrogen-bond donors (Lipinski definition) is 0. The highest BCUT2D eigenvalue weighted by atomic mass is 79.9. The van der Waals surface area contributed by atoms with Crippen molar-refractivity contribution >= 4 is 33.0 Å². The minimum atomic E-state index is 0.112. The summed E-state index contributed by atoms with van der Waals surface area (Å²) in [7, 11) is 1.62. The van der Waals surface area contributed by atoms with Gasteiger partial charge < -0.3 is 9.47 Å². The van der Waals surface area contributed by atoms with Crippen LogP contribution in [-0.4, -0.2) is 32.7 Å². The smallest absolute Gasteiger partial charge is 0.167 e. The van der Waals surface area contributed by atoms with Gasteiger partial charge in [0.05, 0.1) is 19.8 Å². The molecule has 3 nitrogen and oxygen atoms in total. The molecule has 0 atom stereocenters. The molecule has 0 bridgehead atoms. The Labute approximate surface area is 102 Å². The van der Waals surface area contributed by atoms with E-state index < -0.39 is 0 Å². The highest BCUT2D eigenvalue weighted by Crippen LogP contribution is 2.22. The summed E-state index contributed by atoms with van der Waals surface area (Å²) < 4.78 is 10.9. The largest absolute Gasteiger partial charge is 0.382 e. The molecule has 0 aliphatic carbocycles. The van der Waals surface area contributed by atoms with Gasteiger partial charge in [-0.3, -0.25) is 4.79 Å². The fraction of sp³-hybridized carbons (Fsp3) is 0.500. The summed E-state index contributed by atoms with van der Waals surface area (Å²) in [5.41, 5.74) is 0.746. The number of methoxy groups -OCH3 is 1. The van der Waals surface area contributed by atoms with Gasteiger partial charge >= 0.3 is 0 Å². The summed E-state index contributed by atoms with van der Waals surface area (Å²) in [4.78, 5) is 11.6. The van der Waals surface area contributed by atoms with E-state index in [-0.39, 0.29) is 5.78 Å². The van der Waals surface area contributed by atoms with Crippen LogP contribution in [-0.2, 0) is 9.47 Å². The second kappa shape index (κ2) is 7.11. The van der Waals surface area contributed by atoms with Crippen molar-refractivity contribution in [2.75, 3.05) is 26.9 Å². The molecule has 1 heterocycles. The highest BCUT2D eigenvalue weighted by molar-refractivity contribution is 9.10. The van der Waals surface area contributed by atoms with Crippen molar-refractivity contribution in [2.24, 2.45) is 0 Å². The third-order valence-corrected chi connectivity index (χ3v) is 3.52. The van der Waals surface area contributed by atoms with Crippen LogP contribution in [0.4, 0.5) is 0 Å². The Balaban J connectivity index is 2.22. The predicted octanol–water partition coefficient (Wildman–Crippen LogP) is 2.75. The highest BCUT2D eigenvalue weighted by Gasteiger charge is 2.10. The number of Topliss-reactive ketones (excluding diaryl/α,β-unsaturated/α-hetero) is 1. The van der Waals surface area contributed by atoms with E-state index >= 15 is 0 Å². The lowest BCUT2D eigenvalue weighted by Crippen LogP contribution is -2.07. The molecule has 1 rings (SSSR count). The molecule has 0 aliphatic rings. The lowest BCUT2D eigenvalue weighted by atomic mass is 10.2. The van der Waals surface area contributed by atoms with E-state index in [0.29, 0.717) is 26.2 Å². The van der Waals surface area contributed by atoms with Crippen LogP contribution in [0.5, 0.6) is 0 Å². The van der Waals surface area contributed by atoms with Crippen LogP contribution < -0.4 is 0 Å². The summed E-state index contributed by atoms with van der Waals surface area (Å²) in [6.45, 7) is 1.55. The number of ketones is 1. The predicted molar refractivity (Wildman–Crippen MR) is 63.7 cm³/mol. The average Bonchev–Trinajstić information content (AvgIpc) is 2.64. The first-order valence-corrected chi connectivity index (χ1v) is 6.31. The van der Waals surface area contributed by atoms with Gasteiger partial charge in [0, 0.05) is 34.3 Å². The maximum atomic E-state index is 11.6. The number of carbonyl (C=O) groups is 1. The van der Waals surface area contributed by atoms with E-state index in [1.165, 1.54) is 11.3 Å². The van der Waals surface area contributed by atoms with Crippen molar-refractivity contribution in [2.45, 2.75) is 6.42 Å². The Morgan fingerprint density at radius 1 is 1.40 bits per heavy atom. The molecule has 0 aliphatic heterocycles. The van der Waals surface area contributed by atoms with Gasteiger partial charge in [0.15, 0.2) is 5.78 Å². The van der Waals surface area contributed by atoms with Crippen LogP contribution in [0.25, 0.3) is 0 Å². The molecule has 0 unspecified atom stereocenters. The fourth-order valence-corrected chi connectivity index (χ4v) is 2.54. The standard InChI is InChI=1S/C10H13BrO3S/c1-13-4-5-14-3-2-10(12)8-6-15-7-9(8)11/h6-7H,2-5H2,1H3. The Hall–Kier alpha value is -0.230. The molecule has 0 saturated heterocycles. The first kappa shape index (κ1) is 12.8. The molecular weight excluding hydrogens is 280 g/mol. The van der Waals surface area contributed by atoms with E-state index in [1.807, 2.05) is 10.8 Å². The van der Waals surface area contributed by atoms with Gasteiger partial charge in [0.2, 0.25) is 0 Å². The van der Waals surface area contributed by atoms with Crippen LogP contribution >= 0.6 is 27.3 Å². The first-order chi connectivity index (χ1) is 7.25. The summed E-state index contributed by atoms with van der Waals surface area (Å²) in [5, 5.41) is 3.75. The zero-order chi connectivity index (χ0) is 11.1. The molecule has 0 spiro atoms. The molecule has 84 valence electrons. The second-order valence-electron chi connectivity index (χ2n) is 2.91. The van der Waals surface area contributed by atoms with Gasteiger partial charge in [0.1, 0.15) is 0 Å².